The van der Waals surface area contributed by atoms with Crippen LogP contribution < -0.4 is 5.73 Å². The van der Waals surface area contributed by atoms with Gasteiger partial charge in [-0.05, 0) is 31.0 Å². The molecule has 19 heavy (non-hydrogen) atoms. The number of fused-ring (bicyclic) bond motifs is 1. The lowest BCUT2D eigenvalue weighted by molar-refractivity contribution is 0.380. The molecule has 3 rings (SSSR count). The summed E-state index contributed by atoms with van der Waals surface area (Å²) in [6.07, 6.45) is 7.56. The monoisotopic (exact) mass is 294 g/mol. The number of nitrogens with two attached hydrogens (primary N) is 1. The average molecular weight is 295 g/mol. The van der Waals surface area contributed by atoms with Gasteiger partial charge >= 0.3 is 0 Å². The smallest absolute Gasteiger partial charge is 0.101 e. The molecule has 0 atom stereocenters. The minimum Gasteiger partial charge on any atom is -0.329 e. The maximum Gasteiger partial charge on any atom is 0.101 e. The second-order valence-corrected chi connectivity index (χ2v) is 7.00. The lowest BCUT2D eigenvalue weighted by atomic mass is 9.81. The highest BCUT2D eigenvalue weighted by Crippen LogP contribution is 2.41. The molecular weight excluding hydrogens is 276 g/mol. The summed E-state index contributed by atoms with van der Waals surface area (Å²) in [7, 11) is 0. The van der Waals surface area contributed by atoms with Crippen molar-refractivity contribution in [2.24, 2.45) is 5.73 Å². The molecule has 2 N–H and O–H groups in total. The molecule has 1 aliphatic carbocycles. The molecule has 4 heteroatoms. The molecule has 0 aliphatic heterocycles. The maximum absolute atomic E-state index is 6.13. The van der Waals surface area contributed by atoms with Crippen LogP contribution >= 0.6 is 22.9 Å². The summed E-state index contributed by atoms with van der Waals surface area (Å²) < 4.78 is 1.22. The van der Waals surface area contributed by atoms with Crippen molar-refractivity contribution in [1.29, 1.82) is 0 Å². The Labute approximate surface area is 123 Å². The highest BCUT2D eigenvalue weighted by Gasteiger charge is 2.34. The van der Waals surface area contributed by atoms with Gasteiger partial charge in [0.15, 0.2) is 0 Å². The van der Waals surface area contributed by atoms with Crippen molar-refractivity contribution in [3.8, 4) is 0 Å². The average Bonchev–Trinajstić information content (AvgIpc) is 2.69. The van der Waals surface area contributed by atoms with Crippen LogP contribution in [-0.2, 0) is 5.41 Å². The van der Waals surface area contributed by atoms with Crippen LogP contribution in [-0.4, -0.2) is 11.5 Å². The summed E-state index contributed by atoms with van der Waals surface area (Å²) in [6.45, 7) is 0.709. The van der Waals surface area contributed by atoms with Gasteiger partial charge in [0, 0.05) is 17.0 Å². The van der Waals surface area contributed by atoms with Gasteiger partial charge in [-0.2, -0.15) is 0 Å². The molecule has 2 nitrogen and oxygen atoms in total. The number of hydrogen-bond donors (Lipinski definition) is 1. The zero-order valence-electron chi connectivity index (χ0n) is 11.0. The Morgan fingerprint density at radius 3 is 2.63 bits per heavy atom. The van der Waals surface area contributed by atoms with E-state index in [-0.39, 0.29) is 5.41 Å². The molecule has 102 valence electrons. The Bertz CT molecular complexity index is 571. The molecule has 1 saturated carbocycles. The van der Waals surface area contributed by atoms with E-state index in [1.54, 1.807) is 11.3 Å². The third-order valence-electron chi connectivity index (χ3n) is 4.25. The minimum atomic E-state index is 0.104. The van der Waals surface area contributed by atoms with E-state index in [9.17, 15) is 0 Å². The van der Waals surface area contributed by atoms with E-state index >= 15 is 0 Å². The van der Waals surface area contributed by atoms with Crippen molar-refractivity contribution >= 4 is 33.2 Å². The quantitative estimate of drug-likeness (QED) is 0.828. The van der Waals surface area contributed by atoms with Crippen LogP contribution in [0.4, 0.5) is 0 Å². The normalized spacial score (nSPS) is 19.5. The van der Waals surface area contributed by atoms with Crippen LogP contribution in [0.25, 0.3) is 10.2 Å². The molecule has 1 aromatic carbocycles. The van der Waals surface area contributed by atoms with E-state index in [4.69, 9.17) is 22.3 Å². The summed E-state index contributed by atoms with van der Waals surface area (Å²) in [4.78, 5) is 4.84. The molecule has 0 unspecified atom stereocenters. The van der Waals surface area contributed by atoms with Crippen LogP contribution in [0.15, 0.2) is 18.2 Å². The number of thiazole rings is 1. The first-order valence-electron chi connectivity index (χ1n) is 7.00. The number of nitrogens with zero attached hydrogens (tertiary/aromatic N) is 1. The highest BCUT2D eigenvalue weighted by atomic mass is 35.5. The Hall–Kier alpha value is -0.640. The summed E-state index contributed by atoms with van der Waals surface area (Å²) >= 11 is 7.84. The topological polar surface area (TPSA) is 38.9 Å². The summed E-state index contributed by atoms with van der Waals surface area (Å²) in [6, 6.07) is 5.96. The van der Waals surface area contributed by atoms with Crippen LogP contribution in [0.2, 0.25) is 5.02 Å². The first-order valence-corrected chi connectivity index (χ1v) is 8.20. The van der Waals surface area contributed by atoms with Gasteiger partial charge in [0.2, 0.25) is 0 Å². The second-order valence-electron chi connectivity index (χ2n) is 5.53. The van der Waals surface area contributed by atoms with E-state index in [1.165, 1.54) is 48.2 Å². The van der Waals surface area contributed by atoms with Gasteiger partial charge < -0.3 is 5.73 Å². The molecule has 2 aromatic rings. The molecule has 0 bridgehead atoms. The third kappa shape index (κ3) is 2.51. The highest BCUT2D eigenvalue weighted by molar-refractivity contribution is 7.18. The lowest BCUT2D eigenvalue weighted by Gasteiger charge is -2.28. The van der Waals surface area contributed by atoms with Gasteiger partial charge in [-0.3, -0.25) is 0 Å². The van der Waals surface area contributed by atoms with Gasteiger partial charge in [-0.25, -0.2) is 4.98 Å². The SMILES string of the molecule is NCC1(c2nc3cc(Cl)ccc3s2)CCCCCC1. The van der Waals surface area contributed by atoms with E-state index in [1.807, 2.05) is 12.1 Å². The van der Waals surface area contributed by atoms with Gasteiger partial charge in [-0.1, -0.05) is 37.3 Å². The fourth-order valence-corrected chi connectivity index (χ4v) is 4.41. The fraction of sp³-hybridized carbons (Fsp3) is 0.533. The standard InChI is InChI=1S/C15H19ClN2S/c16-11-5-6-13-12(9-11)18-14(19-13)15(10-17)7-3-1-2-4-8-15/h5-6,9H,1-4,7-8,10,17H2. The van der Waals surface area contributed by atoms with E-state index in [2.05, 4.69) is 6.07 Å². The molecule has 0 spiro atoms. The lowest BCUT2D eigenvalue weighted by Crippen LogP contribution is -2.34. The maximum atomic E-state index is 6.13. The molecular formula is C15H19ClN2S. The minimum absolute atomic E-state index is 0.104. The number of benzene rings is 1. The van der Waals surface area contributed by atoms with Gasteiger partial charge in [0.1, 0.15) is 5.01 Å². The fourth-order valence-electron chi connectivity index (χ4n) is 3.04. The van der Waals surface area contributed by atoms with Crippen LogP contribution in [0.1, 0.15) is 43.5 Å². The van der Waals surface area contributed by atoms with Crippen molar-refractivity contribution in [2.45, 2.75) is 43.9 Å². The Morgan fingerprint density at radius 1 is 1.21 bits per heavy atom. The van der Waals surface area contributed by atoms with E-state index in [0.717, 1.165) is 10.5 Å². The predicted molar refractivity (Wildman–Crippen MR) is 83.1 cm³/mol. The zero-order chi connectivity index (χ0) is 13.3. The van der Waals surface area contributed by atoms with Crippen molar-refractivity contribution in [2.75, 3.05) is 6.54 Å². The van der Waals surface area contributed by atoms with Crippen LogP contribution in [0.3, 0.4) is 0 Å². The van der Waals surface area contributed by atoms with Crippen molar-refractivity contribution in [3.05, 3.63) is 28.2 Å². The van der Waals surface area contributed by atoms with E-state index in [0.29, 0.717) is 6.54 Å². The van der Waals surface area contributed by atoms with Crippen LogP contribution in [0.5, 0.6) is 0 Å². The van der Waals surface area contributed by atoms with Gasteiger partial charge in [0.05, 0.1) is 10.2 Å². The van der Waals surface area contributed by atoms with Crippen LogP contribution in [0, 0.1) is 0 Å². The summed E-state index contributed by atoms with van der Waals surface area (Å²) in [5, 5.41) is 1.97. The number of hydrogen-bond acceptors (Lipinski definition) is 3. The van der Waals surface area contributed by atoms with E-state index < -0.39 is 0 Å². The van der Waals surface area contributed by atoms with Crippen molar-refractivity contribution in [1.82, 2.24) is 4.98 Å². The second kappa shape index (κ2) is 5.39. The van der Waals surface area contributed by atoms with Gasteiger partial charge in [0.25, 0.3) is 0 Å². The predicted octanol–water partition coefficient (Wildman–Crippen LogP) is 4.50. The molecule has 1 heterocycles. The van der Waals surface area contributed by atoms with Gasteiger partial charge in [-0.15, -0.1) is 11.3 Å². The Balaban J connectivity index is 2.04. The molecule has 0 saturated heterocycles. The molecule has 1 fully saturated rings. The Kier molecular flexibility index (Phi) is 3.79. The first-order chi connectivity index (χ1) is 9.23. The Morgan fingerprint density at radius 2 is 1.95 bits per heavy atom. The third-order valence-corrected chi connectivity index (χ3v) is 5.77. The molecule has 0 radical (unpaired) electrons. The number of rotatable bonds is 2. The largest absolute Gasteiger partial charge is 0.329 e. The number of halogens is 1. The number of aromatic nitrogens is 1. The summed E-state index contributed by atoms with van der Waals surface area (Å²) in [5.41, 5.74) is 7.25. The molecule has 1 aromatic heterocycles. The zero-order valence-corrected chi connectivity index (χ0v) is 12.6. The molecule has 1 aliphatic rings. The van der Waals surface area contributed by atoms with Crippen molar-refractivity contribution < 1.29 is 0 Å². The van der Waals surface area contributed by atoms with Crippen molar-refractivity contribution in [3.63, 3.8) is 0 Å². The summed E-state index contributed by atoms with van der Waals surface area (Å²) in [5.74, 6) is 0. The first kappa shape index (κ1) is 13.3. The molecule has 0 amide bonds.